The van der Waals surface area contributed by atoms with Gasteiger partial charge in [-0.15, -0.1) is 23.1 Å². The number of amides is 1. The molecule has 1 saturated heterocycles. The van der Waals surface area contributed by atoms with Gasteiger partial charge in [0.25, 0.3) is 5.56 Å². The number of aromatic nitrogens is 2. The standard InChI is InChI=1S/C14H14FN3O4S2/c15-14(12(21)22)1-2-17(8-14)11(20)7-23-6-9-5-10(19)18-3-4-24-13(18)16-9/h3-5H,1-2,6-8H2,(H,21,22). The zero-order chi connectivity index (χ0) is 17.3. The van der Waals surface area contributed by atoms with Crippen LogP contribution in [0.15, 0.2) is 22.4 Å². The fraction of sp³-hybridized carbons (Fsp3) is 0.429. The number of thiazole rings is 1. The summed E-state index contributed by atoms with van der Waals surface area (Å²) in [5, 5.41) is 10.6. The van der Waals surface area contributed by atoms with Crippen LogP contribution < -0.4 is 5.56 Å². The average Bonchev–Trinajstić information content (AvgIpc) is 3.15. The van der Waals surface area contributed by atoms with E-state index < -0.39 is 18.2 Å². The van der Waals surface area contributed by atoms with Gasteiger partial charge in [-0.2, -0.15) is 0 Å². The highest BCUT2D eigenvalue weighted by molar-refractivity contribution is 7.99. The molecule has 10 heteroatoms. The molecule has 1 fully saturated rings. The summed E-state index contributed by atoms with van der Waals surface area (Å²) in [5.74, 6) is -1.38. The minimum absolute atomic E-state index is 0.0845. The number of carboxylic acids is 1. The van der Waals surface area contributed by atoms with Gasteiger partial charge in [-0.1, -0.05) is 0 Å². The first-order chi connectivity index (χ1) is 11.4. The SMILES string of the molecule is O=C(CSCc1cc(=O)n2ccsc2n1)N1CCC(F)(C(=O)O)C1. The van der Waals surface area contributed by atoms with Crippen molar-refractivity contribution in [3.8, 4) is 0 Å². The number of fused-ring (bicyclic) bond motifs is 1. The van der Waals surface area contributed by atoms with Gasteiger partial charge in [0.2, 0.25) is 11.6 Å². The second-order valence-corrected chi connectivity index (χ2v) is 7.33. The molecule has 0 saturated carbocycles. The summed E-state index contributed by atoms with van der Waals surface area (Å²) >= 11 is 2.61. The van der Waals surface area contributed by atoms with Crippen LogP contribution in [0.1, 0.15) is 12.1 Å². The van der Waals surface area contributed by atoms with Crippen LogP contribution in [0.4, 0.5) is 4.39 Å². The Kier molecular flexibility index (Phi) is 4.59. The van der Waals surface area contributed by atoms with Crippen molar-refractivity contribution in [2.45, 2.75) is 17.8 Å². The van der Waals surface area contributed by atoms with E-state index >= 15 is 0 Å². The minimum atomic E-state index is -2.35. The second-order valence-electron chi connectivity index (χ2n) is 5.47. The van der Waals surface area contributed by atoms with Gasteiger partial charge in [0.1, 0.15) is 0 Å². The maximum Gasteiger partial charge on any atom is 0.343 e. The van der Waals surface area contributed by atoms with Gasteiger partial charge in [0, 0.05) is 36.4 Å². The number of carboxylic acid groups (broad SMARTS) is 1. The molecule has 1 amide bonds. The van der Waals surface area contributed by atoms with Crippen molar-refractivity contribution >= 4 is 39.9 Å². The van der Waals surface area contributed by atoms with Gasteiger partial charge < -0.3 is 10.0 Å². The molecular formula is C14H14FN3O4S2. The lowest BCUT2D eigenvalue weighted by Crippen LogP contribution is -2.39. The summed E-state index contributed by atoms with van der Waals surface area (Å²) in [6.07, 6.45) is 1.46. The molecule has 0 spiro atoms. The Morgan fingerprint density at radius 3 is 3.00 bits per heavy atom. The number of nitrogens with zero attached hydrogens (tertiary/aromatic N) is 3. The quantitative estimate of drug-likeness (QED) is 0.844. The Balaban J connectivity index is 1.55. The van der Waals surface area contributed by atoms with Crippen LogP contribution in [-0.2, 0) is 15.3 Å². The van der Waals surface area contributed by atoms with Crippen molar-refractivity contribution in [2.24, 2.45) is 0 Å². The molecule has 24 heavy (non-hydrogen) atoms. The molecular weight excluding hydrogens is 357 g/mol. The summed E-state index contributed by atoms with van der Waals surface area (Å²) in [5.41, 5.74) is -1.95. The zero-order valence-corrected chi connectivity index (χ0v) is 14.1. The molecule has 1 atom stereocenters. The Morgan fingerprint density at radius 1 is 1.50 bits per heavy atom. The normalized spacial score (nSPS) is 20.6. The summed E-state index contributed by atoms with van der Waals surface area (Å²) in [6, 6.07) is 1.42. The van der Waals surface area contributed by atoms with Gasteiger partial charge in [-0.05, 0) is 0 Å². The fourth-order valence-corrected chi connectivity index (χ4v) is 4.01. The van der Waals surface area contributed by atoms with Crippen molar-refractivity contribution in [3.63, 3.8) is 0 Å². The highest BCUT2D eigenvalue weighted by Crippen LogP contribution is 2.26. The second kappa shape index (κ2) is 6.52. The van der Waals surface area contributed by atoms with E-state index in [-0.39, 0.29) is 30.2 Å². The van der Waals surface area contributed by atoms with Crippen LogP contribution in [0.2, 0.25) is 0 Å². The first kappa shape index (κ1) is 16.9. The number of carbonyl (C=O) groups excluding carboxylic acids is 1. The smallest absolute Gasteiger partial charge is 0.343 e. The summed E-state index contributed by atoms with van der Waals surface area (Å²) in [6.45, 7) is -0.314. The van der Waals surface area contributed by atoms with Crippen molar-refractivity contribution < 1.29 is 19.1 Å². The molecule has 7 nitrogen and oxygen atoms in total. The van der Waals surface area contributed by atoms with Crippen molar-refractivity contribution in [3.05, 3.63) is 33.7 Å². The third-order valence-corrected chi connectivity index (χ3v) is 5.49. The number of hydrogen-bond acceptors (Lipinski definition) is 6. The molecule has 1 unspecified atom stereocenters. The molecule has 128 valence electrons. The van der Waals surface area contributed by atoms with E-state index in [1.165, 1.54) is 38.5 Å². The van der Waals surface area contributed by atoms with Crippen LogP contribution in [0.3, 0.4) is 0 Å². The number of hydrogen-bond donors (Lipinski definition) is 1. The average molecular weight is 371 g/mol. The molecule has 2 aromatic heterocycles. The molecule has 2 aromatic rings. The third-order valence-electron chi connectivity index (χ3n) is 3.79. The molecule has 0 aliphatic carbocycles. The molecule has 3 heterocycles. The van der Waals surface area contributed by atoms with Gasteiger partial charge in [-0.25, -0.2) is 14.2 Å². The van der Waals surface area contributed by atoms with Gasteiger partial charge in [0.15, 0.2) is 4.96 Å². The van der Waals surface area contributed by atoms with E-state index in [0.717, 1.165) is 0 Å². The lowest BCUT2D eigenvalue weighted by atomic mass is 10.1. The van der Waals surface area contributed by atoms with Gasteiger partial charge in [0.05, 0.1) is 18.0 Å². The van der Waals surface area contributed by atoms with Gasteiger partial charge in [-0.3, -0.25) is 14.0 Å². The predicted octanol–water partition coefficient (Wildman–Crippen LogP) is 1.01. The van der Waals surface area contributed by atoms with E-state index in [2.05, 4.69) is 4.98 Å². The molecule has 0 aromatic carbocycles. The van der Waals surface area contributed by atoms with E-state index in [1.54, 1.807) is 11.6 Å². The monoisotopic (exact) mass is 371 g/mol. The number of alkyl halides is 1. The number of rotatable bonds is 5. The summed E-state index contributed by atoms with van der Waals surface area (Å²) in [4.78, 5) is 40.9. The molecule has 1 aliphatic heterocycles. The fourth-order valence-electron chi connectivity index (χ4n) is 2.46. The Bertz CT molecular complexity index is 852. The van der Waals surface area contributed by atoms with Crippen LogP contribution in [0.5, 0.6) is 0 Å². The Morgan fingerprint density at radius 2 is 2.29 bits per heavy atom. The van der Waals surface area contributed by atoms with Crippen molar-refractivity contribution in [1.82, 2.24) is 14.3 Å². The Hall–Kier alpha value is -1.94. The maximum atomic E-state index is 13.9. The van der Waals surface area contributed by atoms with Crippen LogP contribution in [-0.4, -0.2) is 55.8 Å². The van der Waals surface area contributed by atoms with Crippen molar-refractivity contribution in [2.75, 3.05) is 18.8 Å². The number of halogens is 1. The number of aliphatic carboxylic acids is 1. The van der Waals surface area contributed by atoms with Crippen LogP contribution >= 0.6 is 23.1 Å². The third kappa shape index (κ3) is 3.29. The number of carbonyl (C=O) groups is 2. The Labute approximate surface area is 144 Å². The zero-order valence-electron chi connectivity index (χ0n) is 12.5. The molecule has 0 radical (unpaired) electrons. The lowest BCUT2D eigenvalue weighted by Gasteiger charge is -2.17. The molecule has 3 rings (SSSR count). The maximum absolute atomic E-state index is 13.9. The topological polar surface area (TPSA) is 92.0 Å². The lowest BCUT2D eigenvalue weighted by molar-refractivity contribution is -0.150. The number of likely N-dealkylation sites (tertiary alicyclic amines) is 1. The number of thioether (sulfide) groups is 1. The van der Waals surface area contributed by atoms with Crippen LogP contribution in [0.25, 0.3) is 4.96 Å². The first-order valence-corrected chi connectivity index (χ1v) is 9.16. The van der Waals surface area contributed by atoms with E-state index in [1.807, 2.05) is 0 Å². The molecule has 1 aliphatic rings. The highest BCUT2D eigenvalue weighted by Gasteiger charge is 2.46. The van der Waals surface area contributed by atoms with E-state index in [9.17, 15) is 18.8 Å². The van der Waals surface area contributed by atoms with Crippen molar-refractivity contribution in [1.29, 1.82) is 0 Å². The first-order valence-electron chi connectivity index (χ1n) is 7.13. The predicted molar refractivity (Wildman–Crippen MR) is 88.2 cm³/mol. The summed E-state index contributed by atoms with van der Waals surface area (Å²) in [7, 11) is 0. The molecule has 1 N–H and O–H groups in total. The van der Waals surface area contributed by atoms with E-state index in [0.29, 0.717) is 16.4 Å². The summed E-state index contributed by atoms with van der Waals surface area (Å²) < 4.78 is 15.4. The minimum Gasteiger partial charge on any atom is -0.479 e. The van der Waals surface area contributed by atoms with Gasteiger partial charge >= 0.3 is 5.97 Å². The molecule has 0 bridgehead atoms. The van der Waals surface area contributed by atoms with Crippen LogP contribution in [0, 0.1) is 0 Å². The van der Waals surface area contributed by atoms with E-state index in [4.69, 9.17) is 5.11 Å². The largest absolute Gasteiger partial charge is 0.479 e. The highest BCUT2D eigenvalue weighted by atomic mass is 32.2.